The minimum absolute atomic E-state index is 0.0537. The van der Waals surface area contributed by atoms with Gasteiger partial charge in [0.2, 0.25) is 15.9 Å². The Morgan fingerprint density at radius 3 is 2.54 bits per heavy atom. The molecule has 0 aliphatic rings. The molecule has 11 heteroatoms. The van der Waals surface area contributed by atoms with Crippen molar-refractivity contribution >= 4 is 44.6 Å². The molecule has 2 aromatic rings. The smallest absolute Gasteiger partial charge is 0.271 e. The maximum Gasteiger partial charge on any atom is 0.271 e. The van der Waals surface area contributed by atoms with Gasteiger partial charge in [-0.3, -0.25) is 19.2 Å². The average Bonchev–Trinajstić information content (AvgIpc) is 2.61. The third-order valence-corrected chi connectivity index (χ3v) is 5.16. The molecule has 0 saturated heterocycles. The molecule has 0 saturated carbocycles. The number of ether oxygens (including phenoxy) is 1. The topological polar surface area (TPSA) is 119 Å². The number of sulfonamides is 1. The first-order chi connectivity index (χ1) is 13.0. The first kappa shape index (κ1) is 21.5. The van der Waals surface area contributed by atoms with E-state index >= 15 is 0 Å². The Labute approximate surface area is 167 Å². The zero-order chi connectivity index (χ0) is 21.1. The van der Waals surface area contributed by atoms with Gasteiger partial charge in [0.25, 0.3) is 5.69 Å². The fraction of sp³-hybridized carbons (Fsp3) is 0.235. The monoisotopic (exact) mass is 427 g/mol. The largest absolute Gasteiger partial charge is 0.495 e. The molecule has 0 aliphatic heterocycles. The van der Waals surface area contributed by atoms with Crippen LogP contribution in [0.3, 0.4) is 0 Å². The van der Waals surface area contributed by atoms with Gasteiger partial charge in [-0.1, -0.05) is 17.7 Å². The number of hydrogen-bond acceptors (Lipinski definition) is 6. The van der Waals surface area contributed by atoms with Crippen LogP contribution in [0.1, 0.15) is 5.56 Å². The van der Waals surface area contributed by atoms with Gasteiger partial charge in [0.15, 0.2) is 0 Å². The van der Waals surface area contributed by atoms with Crippen LogP contribution in [0.5, 0.6) is 5.75 Å². The summed E-state index contributed by atoms with van der Waals surface area (Å²) < 4.78 is 30.5. The second kappa shape index (κ2) is 8.44. The van der Waals surface area contributed by atoms with Gasteiger partial charge in [0.1, 0.15) is 12.3 Å². The number of carbonyl (C=O) groups is 1. The van der Waals surface area contributed by atoms with Crippen molar-refractivity contribution in [1.29, 1.82) is 0 Å². The molecule has 0 radical (unpaired) electrons. The van der Waals surface area contributed by atoms with E-state index in [1.165, 1.54) is 25.3 Å². The number of nitrogens with one attached hydrogen (secondary N) is 1. The standard InChI is InChI=1S/C17H18ClN3O6S/c1-11-4-5-12(18)8-15(11)20(28(3,25)26)10-17(22)19-14-9-13(21(23)24)6-7-16(14)27-2/h4-9H,10H2,1-3H3,(H,19,22). The lowest BCUT2D eigenvalue weighted by Crippen LogP contribution is -2.38. The van der Waals surface area contributed by atoms with Gasteiger partial charge in [0.05, 0.1) is 29.7 Å². The van der Waals surface area contributed by atoms with Crippen LogP contribution in [0.25, 0.3) is 0 Å². The Balaban J connectivity index is 2.34. The maximum atomic E-state index is 12.5. The number of rotatable bonds is 7. The first-order valence-electron chi connectivity index (χ1n) is 7.89. The number of methoxy groups -OCH3 is 1. The van der Waals surface area contributed by atoms with Gasteiger partial charge in [-0.15, -0.1) is 0 Å². The summed E-state index contributed by atoms with van der Waals surface area (Å²) in [7, 11) is -2.47. The number of non-ortho nitro benzene ring substituents is 1. The Hall–Kier alpha value is -2.85. The van der Waals surface area contributed by atoms with Crippen LogP contribution in [0.15, 0.2) is 36.4 Å². The maximum absolute atomic E-state index is 12.5. The van der Waals surface area contributed by atoms with Crippen molar-refractivity contribution in [2.24, 2.45) is 0 Å². The summed E-state index contributed by atoms with van der Waals surface area (Å²) in [4.78, 5) is 22.8. The lowest BCUT2D eigenvalue weighted by molar-refractivity contribution is -0.384. The Kier molecular flexibility index (Phi) is 6.47. The van der Waals surface area contributed by atoms with Crippen LogP contribution in [-0.4, -0.2) is 39.2 Å². The molecule has 0 unspecified atom stereocenters. The van der Waals surface area contributed by atoms with Gasteiger partial charge in [-0.2, -0.15) is 0 Å². The summed E-state index contributed by atoms with van der Waals surface area (Å²) in [5.74, 6) is -0.507. The van der Waals surface area contributed by atoms with Crippen molar-refractivity contribution in [2.45, 2.75) is 6.92 Å². The Bertz CT molecular complexity index is 1030. The van der Waals surface area contributed by atoms with E-state index in [9.17, 15) is 23.3 Å². The molecule has 1 N–H and O–H groups in total. The van der Waals surface area contributed by atoms with Gasteiger partial charge in [-0.25, -0.2) is 8.42 Å². The predicted octanol–water partition coefficient (Wildman–Crippen LogP) is 2.97. The van der Waals surface area contributed by atoms with Crippen LogP contribution < -0.4 is 14.4 Å². The van der Waals surface area contributed by atoms with Crippen molar-refractivity contribution in [3.8, 4) is 5.75 Å². The molecule has 0 aromatic heterocycles. The average molecular weight is 428 g/mol. The van der Waals surface area contributed by atoms with Crippen molar-refractivity contribution in [1.82, 2.24) is 0 Å². The molecular weight excluding hydrogens is 410 g/mol. The third-order valence-electron chi connectivity index (χ3n) is 3.80. The molecule has 1 amide bonds. The Morgan fingerprint density at radius 1 is 1.29 bits per heavy atom. The van der Waals surface area contributed by atoms with E-state index in [2.05, 4.69) is 5.32 Å². The molecule has 28 heavy (non-hydrogen) atoms. The number of hydrogen-bond donors (Lipinski definition) is 1. The van der Waals surface area contributed by atoms with E-state index in [-0.39, 0.29) is 22.8 Å². The van der Waals surface area contributed by atoms with Gasteiger partial charge in [-0.05, 0) is 30.7 Å². The van der Waals surface area contributed by atoms with Crippen LogP contribution >= 0.6 is 11.6 Å². The lowest BCUT2D eigenvalue weighted by atomic mass is 10.2. The highest BCUT2D eigenvalue weighted by molar-refractivity contribution is 7.92. The zero-order valence-corrected chi connectivity index (χ0v) is 16.9. The quantitative estimate of drug-likeness (QED) is 0.536. The molecule has 0 bridgehead atoms. The Morgan fingerprint density at radius 2 is 1.96 bits per heavy atom. The molecule has 2 rings (SSSR count). The first-order valence-corrected chi connectivity index (χ1v) is 10.1. The molecule has 0 heterocycles. The van der Waals surface area contributed by atoms with Crippen molar-refractivity contribution in [3.63, 3.8) is 0 Å². The molecule has 2 aromatic carbocycles. The highest BCUT2D eigenvalue weighted by atomic mass is 35.5. The summed E-state index contributed by atoms with van der Waals surface area (Å²) in [6.07, 6.45) is 0.967. The summed E-state index contributed by atoms with van der Waals surface area (Å²) in [6.45, 7) is 1.14. The van der Waals surface area contributed by atoms with E-state index in [4.69, 9.17) is 16.3 Å². The minimum Gasteiger partial charge on any atom is -0.495 e. The second-order valence-corrected chi connectivity index (χ2v) is 8.23. The highest BCUT2D eigenvalue weighted by Gasteiger charge is 2.23. The molecule has 0 spiro atoms. The number of nitro benzene ring substituents is 1. The second-order valence-electron chi connectivity index (χ2n) is 5.89. The number of benzene rings is 2. The number of carbonyl (C=O) groups excluding carboxylic acids is 1. The van der Waals surface area contributed by atoms with Gasteiger partial charge in [0, 0.05) is 17.2 Å². The van der Waals surface area contributed by atoms with Crippen molar-refractivity contribution in [3.05, 3.63) is 57.1 Å². The van der Waals surface area contributed by atoms with E-state index in [1.807, 2.05) is 0 Å². The molecular formula is C17H18ClN3O6S. The zero-order valence-electron chi connectivity index (χ0n) is 15.3. The number of aryl methyl sites for hydroxylation is 1. The third kappa shape index (κ3) is 5.11. The van der Waals surface area contributed by atoms with E-state index in [1.54, 1.807) is 19.1 Å². The molecule has 0 fully saturated rings. The number of amides is 1. The summed E-state index contributed by atoms with van der Waals surface area (Å²) in [5.41, 5.74) is 0.673. The highest BCUT2D eigenvalue weighted by Crippen LogP contribution is 2.30. The lowest BCUT2D eigenvalue weighted by Gasteiger charge is -2.24. The molecule has 0 aliphatic carbocycles. The molecule has 0 atom stereocenters. The summed E-state index contributed by atoms with van der Waals surface area (Å²) in [6, 6.07) is 8.38. The van der Waals surface area contributed by atoms with Gasteiger partial charge < -0.3 is 10.1 Å². The van der Waals surface area contributed by atoms with Gasteiger partial charge >= 0.3 is 0 Å². The summed E-state index contributed by atoms with van der Waals surface area (Å²) in [5, 5.41) is 13.7. The van der Waals surface area contributed by atoms with Crippen molar-refractivity contribution in [2.75, 3.05) is 29.5 Å². The number of nitro groups is 1. The van der Waals surface area contributed by atoms with Crippen molar-refractivity contribution < 1.29 is 22.9 Å². The SMILES string of the molecule is COc1ccc([N+](=O)[O-])cc1NC(=O)CN(c1cc(Cl)ccc1C)S(C)(=O)=O. The van der Waals surface area contributed by atoms with Crippen LogP contribution in [0.2, 0.25) is 5.02 Å². The van der Waals surface area contributed by atoms with E-state index in [0.29, 0.717) is 10.6 Å². The molecule has 9 nitrogen and oxygen atoms in total. The van der Waals surface area contributed by atoms with Crippen LogP contribution in [0.4, 0.5) is 17.1 Å². The minimum atomic E-state index is -3.81. The fourth-order valence-corrected chi connectivity index (χ4v) is 3.53. The van der Waals surface area contributed by atoms with E-state index in [0.717, 1.165) is 16.6 Å². The number of anilines is 2. The number of halogens is 1. The van der Waals surface area contributed by atoms with Crippen LogP contribution in [0, 0.1) is 17.0 Å². The molecule has 150 valence electrons. The number of nitrogens with zero attached hydrogens (tertiary/aromatic N) is 2. The van der Waals surface area contributed by atoms with E-state index < -0.39 is 27.4 Å². The normalized spacial score (nSPS) is 11.0. The fourth-order valence-electron chi connectivity index (χ4n) is 2.46. The predicted molar refractivity (Wildman–Crippen MR) is 107 cm³/mol. The summed E-state index contributed by atoms with van der Waals surface area (Å²) >= 11 is 5.96. The van der Waals surface area contributed by atoms with Crippen LogP contribution in [-0.2, 0) is 14.8 Å².